The first kappa shape index (κ1) is 47.2. The summed E-state index contributed by atoms with van der Waals surface area (Å²) >= 11 is 0. The Hall–Kier alpha value is -2.81. The monoisotopic (exact) mass is 719 g/mol. The molecule has 0 saturated heterocycles. The molecule has 10 heteroatoms. The van der Waals surface area contributed by atoms with Gasteiger partial charge in [0.2, 0.25) is 0 Å². The molecule has 9 nitrogen and oxygen atoms in total. The molecule has 0 aromatic carbocycles. The fraction of sp³-hybridized carbons (Fsp3) is 0.600. The van der Waals surface area contributed by atoms with E-state index in [1.165, 1.54) is 12.8 Å². The summed E-state index contributed by atoms with van der Waals surface area (Å²) in [6, 6.07) is 0. The minimum Gasteiger partial charge on any atom is -0.462 e. The molecule has 0 aliphatic carbocycles. The van der Waals surface area contributed by atoms with Crippen LogP contribution in [0.15, 0.2) is 85.1 Å². The molecule has 50 heavy (non-hydrogen) atoms. The maximum Gasteiger partial charge on any atom is 0.472 e. The summed E-state index contributed by atoms with van der Waals surface area (Å²) in [6.07, 6.45) is 43.6. The summed E-state index contributed by atoms with van der Waals surface area (Å²) in [5.41, 5.74) is 5.32. The fourth-order valence-corrected chi connectivity index (χ4v) is 5.08. The van der Waals surface area contributed by atoms with Gasteiger partial charge in [0.05, 0.1) is 19.6 Å². The zero-order valence-corrected chi connectivity index (χ0v) is 31.7. The van der Waals surface area contributed by atoms with Gasteiger partial charge >= 0.3 is 19.8 Å². The third-order valence-electron chi connectivity index (χ3n) is 7.05. The smallest absolute Gasteiger partial charge is 0.462 e. The molecule has 0 aliphatic rings. The minimum atomic E-state index is -4.40. The molecule has 0 amide bonds. The number of unbranched alkanes of at least 4 members (excludes halogenated alkanes) is 7. The number of nitrogens with two attached hydrogens (primary N) is 1. The van der Waals surface area contributed by atoms with Crippen molar-refractivity contribution in [2.45, 2.75) is 129 Å². The second-order valence-corrected chi connectivity index (χ2v) is 13.2. The zero-order valence-electron chi connectivity index (χ0n) is 30.8. The summed E-state index contributed by atoms with van der Waals surface area (Å²) in [6.45, 7) is 3.40. The second kappa shape index (κ2) is 36.0. The Labute approximate surface area is 303 Å². The van der Waals surface area contributed by atoms with Crippen molar-refractivity contribution in [3.05, 3.63) is 85.1 Å². The van der Waals surface area contributed by atoms with Gasteiger partial charge in [-0.2, -0.15) is 0 Å². The van der Waals surface area contributed by atoms with Crippen LogP contribution in [0.2, 0.25) is 0 Å². The van der Waals surface area contributed by atoms with Gasteiger partial charge in [0.25, 0.3) is 0 Å². The van der Waals surface area contributed by atoms with Gasteiger partial charge in [-0.1, -0.05) is 131 Å². The molecule has 0 rings (SSSR count). The lowest BCUT2D eigenvalue weighted by Gasteiger charge is -2.19. The lowest BCUT2D eigenvalue weighted by Crippen LogP contribution is -2.29. The molecule has 0 spiro atoms. The zero-order chi connectivity index (χ0) is 36.8. The van der Waals surface area contributed by atoms with E-state index in [1.807, 2.05) is 12.2 Å². The van der Waals surface area contributed by atoms with Gasteiger partial charge in [-0.05, 0) is 64.2 Å². The number of allylic oxidation sites excluding steroid dienone is 13. The van der Waals surface area contributed by atoms with Crippen molar-refractivity contribution in [1.29, 1.82) is 0 Å². The molecule has 3 N–H and O–H groups in total. The summed E-state index contributed by atoms with van der Waals surface area (Å²) < 4.78 is 32.5. The van der Waals surface area contributed by atoms with Gasteiger partial charge < -0.3 is 20.1 Å². The van der Waals surface area contributed by atoms with E-state index in [-0.39, 0.29) is 32.6 Å². The van der Waals surface area contributed by atoms with Gasteiger partial charge in [0, 0.05) is 13.0 Å². The Kier molecular flexibility index (Phi) is 34.0. The number of carbonyl (C=O) groups is 2. The standard InChI is InChI=1S/C40H66NO8P/c1-3-5-7-9-11-13-15-17-19-21-23-25-27-29-31-33-40(43)49-38(37-48-50(44,45)47-35-34-41)36-46-39(42)32-30-28-26-24-22-20-18-16-14-12-10-8-6-4-2/h5,7,10-13,16-19,23,25,29,31,38H,3-4,6,8-9,14-15,20-22,24,26-28,30,32-37,41H2,1-2H3,(H,44,45)/b7-5-,12-10-,13-11-,18-16-,19-17-,25-23-,31-29-. The van der Waals surface area contributed by atoms with Crippen molar-refractivity contribution in [2.24, 2.45) is 5.73 Å². The topological polar surface area (TPSA) is 134 Å². The first-order valence-electron chi connectivity index (χ1n) is 18.6. The minimum absolute atomic E-state index is 0.00961. The van der Waals surface area contributed by atoms with E-state index >= 15 is 0 Å². The van der Waals surface area contributed by atoms with Crippen LogP contribution in [0.1, 0.15) is 123 Å². The maximum absolute atomic E-state index is 12.5. The Morgan fingerprint density at radius 2 is 1.16 bits per heavy atom. The molecule has 0 saturated carbocycles. The van der Waals surface area contributed by atoms with Crippen LogP contribution in [-0.2, 0) is 32.7 Å². The van der Waals surface area contributed by atoms with Crippen molar-refractivity contribution in [2.75, 3.05) is 26.4 Å². The molecule has 2 atom stereocenters. The van der Waals surface area contributed by atoms with E-state index in [0.29, 0.717) is 12.8 Å². The highest BCUT2D eigenvalue weighted by Gasteiger charge is 2.25. The molecule has 0 heterocycles. The lowest BCUT2D eigenvalue weighted by molar-refractivity contribution is -0.160. The highest BCUT2D eigenvalue weighted by Crippen LogP contribution is 2.43. The molecule has 0 radical (unpaired) electrons. The number of carbonyl (C=O) groups excluding carboxylic acids is 2. The molecular weight excluding hydrogens is 653 g/mol. The predicted octanol–water partition coefficient (Wildman–Crippen LogP) is 10.1. The van der Waals surface area contributed by atoms with Gasteiger partial charge in [0.1, 0.15) is 6.61 Å². The fourth-order valence-electron chi connectivity index (χ4n) is 4.31. The molecule has 2 unspecified atom stereocenters. The van der Waals surface area contributed by atoms with Gasteiger partial charge in [-0.15, -0.1) is 0 Å². The average Bonchev–Trinajstić information content (AvgIpc) is 3.10. The summed E-state index contributed by atoms with van der Waals surface area (Å²) in [4.78, 5) is 34.6. The number of hydrogen-bond acceptors (Lipinski definition) is 8. The third kappa shape index (κ3) is 35.0. The first-order chi connectivity index (χ1) is 24.3. The van der Waals surface area contributed by atoms with E-state index < -0.39 is 32.5 Å². The van der Waals surface area contributed by atoms with E-state index in [1.54, 1.807) is 6.08 Å². The molecule has 0 bridgehead atoms. The normalized spacial score (nSPS) is 14.4. The number of ether oxygens (including phenoxy) is 2. The van der Waals surface area contributed by atoms with Gasteiger partial charge in [0.15, 0.2) is 6.10 Å². The Morgan fingerprint density at radius 1 is 0.640 bits per heavy atom. The van der Waals surface area contributed by atoms with Crippen LogP contribution in [0.25, 0.3) is 0 Å². The van der Waals surface area contributed by atoms with E-state index in [9.17, 15) is 19.0 Å². The summed E-state index contributed by atoms with van der Waals surface area (Å²) in [5, 5.41) is 0. The Morgan fingerprint density at radius 3 is 1.74 bits per heavy atom. The molecule has 0 aromatic heterocycles. The first-order valence-corrected chi connectivity index (χ1v) is 20.1. The molecule has 0 aliphatic heterocycles. The predicted molar refractivity (Wildman–Crippen MR) is 205 cm³/mol. The number of esters is 2. The van der Waals surface area contributed by atoms with Crippen LogP contribution in [0.5, 0.6) is 0 Å². The molecule has 0 aromatic rings. The Balaban J connectivity index is 4.43. The van der Waals surface area contributed by atoms with Crippen LogP contribution in [-0.4, -0.2) is 49.3 Å². The molecule has 284 valence electrons. The average molecular weight is 720 g/mol. The van der Waals surface area contributed by atoms with Crippen LogP contribution in [0.4, 0.5) is 0 Å². The summed E-state index contributed by atoms with van der Waals surface area (Å²) in [7, 11) is -4.40. The highest BCUT2D eigenvalue weighted by atomic mass is 31.2. The van der Waals surface area contributed by atoms with Gasteiger partial charge in [-0.25, -0.2) is 4.57 Å². The molecular formula is C40H66NO8P. The van der Waals surface area contributed by atoms with Crippen LogP contribution in [0.3, 0.4) is 0 Å². The number of rotatable bonds is 33. The quantitative estimate of drug-likeness (QED) is 0.0294. The number of phosphoric ester groups is 1. The van der Waals surface area contributed by atoms with Gasteiger partial charge in [-0.3, -0.25) is 18.6 Å². The maximum atomic E-state index is 12.5. The van der Waals surface area contributed by atoms with Crippen molar-refractivity contribution >= 4 is 19.8 Å². The molecule has 0 fully saturated rings. The van der Waals surface area contributed by atoms with Crippen molar-refractivity contribution in [1.82, 2.24) is 0 Å². The Bertz CT molecular complexity index is 1090. The highest BCUT2D eigenvalue weighted by molar-refractivity contribution is 7.47. The third-order valence-corrected chi connectivity index (χ3v) is 8.03. The van der Waals surface area contributed by atoms with Crippen molar-refractivity contribution in [3.63, 3.8) is 0 Å². The summed E-state index contributed by atoms with van der Waals surface area (Å²) in [5.74, 6) is -1.00. The van der Waals surface area contributed by atoms with Crippen molar-refractivity contribution in [3.8, 4) is 0 Å². The van der Waals surface area contributed by atoms with E-state index in [4.69, 9.17) is 24.3 Å². The largest absolute Gasteiger partial charge is 0.472 e. The van der Waals surface area contributed by atoms with E-state index in [0.717, 1.165) is 70.6 Å². The van der Waals surface area contributed by atoms with Crippen LogP contribution < -0.4 is 5.73 Å². The van der Waals surface area contributed by atoms with E-state index in [2.05, 4.69) is 80.7 Å². The number of phosphoric acid groups is 1. The van der Waals surface area contributed by atoms with Crippen molar-refractivity contribution < 1.29 is 37.6 Å². The SMILES string of the molecule is CC/C=C\C/C=C\C/C=C\C/C=C\C/C=C\CC(=O)OC(COC(=O)CCCCCCC/C=C\C/C=C\CCCC)COP(=O)(O)OCCN. The second-order valence-electron chi connectivity index (χ2n) is 11.7. The lowest BCUT2D eigenvalue weighted by atomic mass is 10.1. The van der Waals surface area contributed by atoms with Crippen LogP contribution >= 0.6 is 7.82 Å². The van der Waals surface area contributed by atoms with Crippen LogP contribution in [0, 0.1) is 0 Å². The number of hydrogen-bond donors (Lipinski definition) is 2.